The first-order valence-electron chi connectivity index (χ1n) is 4.95. The van der Waals surface area contributed by atoms with Crippen LogP contribution in [-0.4, -0.2) is 36.6 Å². The minimum Gasteiger partial charge on any atom is -0.478 e. The van der Waals surface area contributed by atoms with Crippen LogP contribution in [0.1, 0.15) is 20.3 Å². The number of amides is 1. The van der Waals surface area contributed by atoms with Crippen LogP contribution in [0, 0.1) is 0 Å². The molecule has 0 aliphatic carbocycles. The van der Waals surface area contributed by atoms with Crippen LogP contribution in [0.15, 0.2) is 11.6 Å². The van der Waals surface area contributed by atoms with Crippen molar-refractivity contribution in [3.8, 4) is 0 Å². The summed E-state index contributed by atoms with van der Waals surface area (Å²) in [5, 5.41) is 14.2. The summed E-state index contributed by atoms with van der Waals surface area (Å²) in [5.74, 6) is -0.913. The smallest absolute Gasteiger partial charge is 0.330 e. The second kappa shape index (κ2) is 7.99. The first-order valence-corrected chi connectivity index (χ1v) is 4.95. The molecule has 0 fully saturated rings. The molecule has 15 heavy (non-hydrogen) atoms. The van der Waals surface area contributed by atoms with Crippen LogP contribution in [0.5, 0.6) is 0 Å². The van der Waals surface area contributed by atoms with E-state index < -0.39 is 5.97 Å². The molecule has 3 N–H and O–H groups in total. The monoisotopic (exact) mass is 214 g/mol. The van der Waals surface area contributed by atoms with Crippen LogP contribution in [0.3, 0.4) is 0 Å². The van der Waals surface area contributed by atoms with E-state index in [2.05, 4.69) is 10.6 Å². The standard InChI is InChI=1S/C10H18N2O3/c1-3-12-9(13)5-7-11-6-4-8(2)10(14)15/h4,11H,3,5-7H2,1-2H3,(H,12,13)(H,14,15)/b8-4-. The maximum Gasteiger partial charge on any atom is 0.330 e. The molecule has 0 unspecified atom stereocenters. The van der Waals surface area contributed by atoms with Crippen molar-refractivity contribution in [2.45, 2.75) is 20.3 Å². The molecule has 0 aromatic carbocycles. The number of carbonyl (C=O) groups excluding carboxylic acids is 1. The molecule has 0 rings (SSSR count). The minimum atomic E-state index is -0.916. The highest BCUT2D eigenvalue weighted by atomic mass is 16.4. The van der Waals surface area contributed by atoms with Crippen molar-refractivity contribution in [3.63, 3.8) is 0 Å². The Hall–Kier alpha value is -1.36. The number of hydrogen-bond acceptors (Lipinski definition) is 3. The zero-order chi connectivity index (χ0) is 11.7. The van der Waals surface area contributed by atoms with Gasteiger partial charge in [0.2, 0.25) is 5.91 Å². The summed E-state index contributed by atoms with van der Waals surface area (Å²) in [5.41, 5.74) is 0.306. The van der Waals surface area contributed by atoms with Crippen molar-refractivity contribution in [2.75, 3.05) is 19.6 Å². The van der Waals surface area contributed by atoms with Gasteiger partial charge in [-0.25, -0.2) is 4.79 Å². The highest BCUT2D eigenvalue weighted by Crippen LogP contribution is 1.89. The number of hydrogen-bond donors (Lipinski definition) is 3. The molecule has 0 radical (unpaired) electrons. The number of aliphatic carboxylic acids is 1. The van der Waals surface area contributed by atoms with Crippen LogP contribution in [0.4, 0.5) is 0 Å². The van der Waals surface area contributed by atoms with Gasteiger partial charge in [0.1, 0.15) is 0 Å². The SMILES string of the molecule is CCNC(=O)CCNC/C=C(/C)C(=O)O. The van der Waals surface area contributed by atoms with E-state index >= 15 is 0 Å². The highest BCUT2D eigenvalue weighted by molar-refractivity contribution is 5.85. The lowest BCUT2D eigenvalue weighted by molar-refractivity contribution is -0.132. The van der Waals surface area contributed by atoms with Crippen LogP contribution in [0.2, 0.25) is 0 Å². The van der Waals surface area contributed by atoms with E-state index in [-0.39, 0.29) is 5.91 Å². The van der Waals surface area contributed by atoms with Gasteiger partial charge in [-0.2, -0.15) is 0 Å². The van der Waals surface area contributed by atoms with Crippen molar-refractivity contribution >= 4 is 11.9 Å². The Bertz CT molecular complexity index is 249. The van der Waals surface area contributed by atoms with Crippen LogP contribution < -0.4 is 10.6 Å². The fourth-order valence-corrected chi connectivity index (χ4v) is 0.902. The largest absolute Gasteiger partial charge is 0.478 e. The molecule has 0 spiro atoms. The van der Waals surface area contributed by atoms with Gasteiger partial charge in [-0.15, -0.1) is 0 Å². The van der Waals surface area contributed by atoms with Crippen LogP contribution >= 0.6 is 0 Å². The Balaban J connectivity index is 3.51. The molecule has 0 heterocycles. The maximum atomic E-state index is 11.0. The number of carbonyl (C=O) groups is 2. The van der Waals surface area contributed by atoms with Crippen molar-refractivity contribution in [1.82, 2.24) is 10.6 Å². The number of rotatable bonds is 7. The molecule has 0 saturated carbocycles. The maximum absolute atomic E-state index is 11.0. The molecule has 0 saturated heterocycles. The average Bonchev–Trinajstić information content (AvgIpc) is 2.17. The van der Waals surface area contributed by atoms with Gasteiger partial charge in [-0.05, 0) is 13.8 Å². The summed E-state index contributed by atoms with van der Waals surface area (Å²) in [4.78, 5) is 21.4. The van der Waals surface area contributed by atoms with Gasteiger partial charge in [-0.1, -0.05) is 6.08 Å². The molecule has 5 heteroatoms. The molecule has 0 bridgehead atoms. The van der Waals surface area contributed by atoms with E-state index in [1.807, 2.05) is 6.92 Å². The lowest BCUT2D eigenvalue weighted by atomic mass is 10.3. The topological polar surface area (TPSA) is 78.4 Å². The molecule has 86 valence electrons. The zero-order valence-electron chi connectivity index (χ0n) is 9.17. The first kappa shape index (κ1) is 13.6. The molecule has 5 nitrogen and oxygen atoms in total. The third-order valence-electron chi connectivity index (χ3n) is 1.79. The molecular weight excluding hydrogens is 196 g/mol. The second-order valence-electron chi connectivity index (χ2n) is 3.10. The minimum absolute atomic E-state index is 0.00364. The van der Waals surface area contributed by atoms with Crippen molar-refractivity contribution in [1.29, 1.82) is 0 Å². The number of carboxylic acid groups (broad SMARTS) is 1. The molecular formula is C10H18N2O3. The highest BCUT2D eigenvalue weighted by Gasteiger charge is 1.99. The van der Waals surface area contributed by atoms with Crippen LogP contribution in [0.25, 0.3) is 0 Å². The van der Waals surface area contributed by atoms with Crippen molar-refractivity contribution < 1.29 is 14.7 Å². The fourth-order valence-electron chi connectivity index (χ4n) is 0.902. The number of carboxylic acids is 1. The van der Waals surface area contributed by atoms with Crippen molar-refractivity contribution in [3.05, 3.63) is 11.6 Å². The molecule has 0 atom stereocenters. The van der Waals surface area contributed by atoms with E-state index in [0.717, 1.165) is 0 Å². The quantitative estimate of drug-likeness (QED) is 0.416. The predicted octanol–water partition coefficient (Wildman–Crippen LogP) is 0.133. The van der Waals surface area contributed by atoms with E-state index in [4.69, 9.17) is 5.11 Å². The van der Waals surface area contributed by atoms with Crippen molar-refractivity contribution in [2.24, 2.45) is 0 Å². The molecule has 0 aromatic rings. The summed E-state index contributed by atoms with van der Waals surface area (Å²) in [6, 6.07) is 0. The molecule has 0 aliphatic heterocycles. The van der Waals surface area contributed by atoms with E-state index in [1.165, 1.54) is 6.92 Å². The van der Waals surface area contributed by atoms with Gasteiger partial charge in [0.05, 0.1) is 0 Å². The Morgan fingerprint density at radius 3 is 2.60 bits per heavy atom. The molecule has 0 aromatic heterocycles. The lowest BCUT2D eigenvalue weighted by Crippen LogP contribution is -2.27. The summed E-state index contributed by atoms with van der Waals surface area (Å²) >= 11 is 0. The summed E-state index contributed by atoms with van der Waals surface area (Å²) in [6.07, 6.45) is 1.99. The van der Waals surface area contributed by atoms with E-state index in [9.17, 15) is 9.59 Å². The third-order valence-corrected chi connectivity index (χ3v) is 1.79. The van der Waals surface area contributed by atoms with E-state index in [1.54, 1.807) is 6.08 Å². The van der Waals surface area contributed by atoms with Gasteiger partial charge in [-0.3, -0.25) is 4.79 Å². The summed E-state index contributed by atoms with van der Waals surface area (Å²) < 4.78 is 0. The fraction of sp³-hybridized carbons (Fsp3) is 0.600. The van der Waals surface area contributed by atoms with Gasteiger partial charge in [0, 0.05) is 31.6 Å². The Morgan fingerprint density at radius 1 is 1.40 bits per heavy atom. The van der Waals surface area contributed by atoms with Gasteiger partial charge < -0.3 is 15.7 Å². The Kier molecular flexibility index (Phi) is 7.27. The van der Waals surface area contributed by atoms with Gasteiger partial charge in [0.15, 0.2) is 0 Å². The zero-order valence-corrected chi connectivity index (χ0v) is 9.17. The lowest BCUT2D eigenvalue weighted by Gasteiger charge is -2.02. The molecule has 1 amide bonds. The average molecular weight is 214 g/mol. The van der Waals surface area contributed by atoms with Crippen LogP contribution in [-0.2, 0) is 9.59 Å². The third kappa shape index (κ3) is 7.69. The van der Waals surface area contributed by atoms with Gasteiger partial charge >= 0.3 is 5.97 Å². The predicted molar refractivity (Wildman–Crippen MR) is 57.6 cm³/mol. The summed E-state index contributed by atoms with van der Waals surface area (Å²) in [6.45, 7) is 5.06. The Labute approximate surface area is 89.6 Å². The molecule has 0 aliphatic rings. The first-order chi connectivity index (χ1) is 7.07. The number of nitrogens with one attached hydrogen (secondary N) is 2. The normalized spacial score (nSPS) is 11.2. The summed E-state index contributed by atoms with van der Waals surface area (Å²) in [7, 11) is 0. The van der Waals surface area contributed by atoms with E-state index in [0.29, 0.717) is 31.6 Å². The second-order valence-corrected chi connectivity index (χ2v) is 3.10. The van der Waals surface area contributed by atoms with Gasteiger partial charge in [0.25, 0.3) is 0 Å². The Morgan fingerprint density at radius 2 is 2.07 bits per heavy atom.